The fourth-order valence-electron chi connectivity index (χ4n) is 7.56. The minimum absolute atomic E-state index is 0.123. The van der Waals surface area contributed by atoms with Crippen LogP contribution in [0.1, 0.15) is 40.0 Å². The van der Waals surface area contributed by atoms with E-state index in [1.54, 1.807) is 48.3 Å². The average Bonchev–Trinajstić information content (AvgIpc) is 3.99. The van der Waals surface area contributed by atoms with E-state index in [4.69, 9.17) is 25.8 Å². The highest BCUT2D eigenvalue weighted by Crippen LogP contribution is 2.33. The molecule has 3 N–H and O–H groups in total. The zero-order valence-electron chi connectivity index (χ0n) is 35.8. The number of allylic oxidation sites excluding steroid dienone is 1. The second-order valence-corrected chi connectivity index (χ2v) is 16.0. The molecule has 20 nitrogen and oxygen atoms in total. The van der Waals surface area contributed by atoms with Crippen LogP contribution in [-0.4, -0.2) is 107 Å². The van der Waals surface area contributed by atoms with Crippen molar-refractivity contribution in [3.63, 3.8) is 0 Å². The Morgan fingerprint density at radius 2 is 1.69 bits per heavy atom. The molecule has 3 aromatic carbocycles. The Labute approximate surface area is 382 Å². The molecule has 350 valence electrons. The summed E-state index contributed by atoms with van der Waals surface area (Å²) in [5.41, 5.74) is 0.775. The predicted molar refractivity (Wildman–Crippen MR) is 234 cm³/mol. The summed E-state index contributed by atoms with van der Waals surface area (Å²) < 4.78 is 64.1. The number of halogens is 4. The molecular weight excluding hydrogens is 905 g/mol. The first-order valence-electron chi connectivity index (χ1n) is 20.8. The number of anilines is 3. The average molecular weight is 947 g/mol. The summed E-state index contributed by atoms with van der Waals surface area (Å²) in [7, 11) is 1.71. The smallest absolute Gasteiger partial charge is 0.355 e. The number of carbonyl (C=O) groups is 3. The molecule has 3 aromatic heterocycles. The van der Waals surface area contributed by atoms with Crippen LogP contribution < -0.4 is 27.3 Å². The number of piperidine rings is 1. The number of nitrogens with zero attached hydrogens (tertiary/aromatic N) is 9. The summed E-state index contributed by atoms with van der Waals surface area (Å²) in [5.74, 6) is -5.21. The maximum atomic E-state index is 14.9. The van der Waals surface area contributed by atoms with Gasteiger partial charge in [-0.3, -0.25) is 23.6 Å². The molecule has 0 saturated carbocycles. The lowest BCUT2D eigenvalue weighted by Crippen LogP contribution is -2.49. The fourth-order valence-corrected chi connectivity index (χ4v) is 7.76. The fraction of sp³-hybridized carbons (Fsp3) is 0.326. The molecule has 8 rings (SSSR count). The Morgan fingerprint density at radius 3 is 2.48 bits per heavy atom. The van der Waals surface area contributed by atoms with Crippen molar-refractivity contribution in [1.82, 2.24) is 49.1 Å². The molecule has 6 aromatic rings. The van der Waals surface area contributed by atoms with Crippen molar-refractivity contribution in [2.75, 3.05) is 50.3 Å². The monoisotopic (exact) mass is 946 g/mol. The first-order valence-corrected chi connectivity index (χ1v) is 21.2. The Hall–Kier alpha value is -7.21. The van der Waals surface area contributed by atoms with Crippen LogP contribution in [0.15, 0.2) is 76.7 Å². The van der Waals surface area contributed by atoms with E-state index in [0.717, 1.165) is 9.13 Å². The third kappa shape index (κ3) is 10.6. The zero-order valence-corrected chi connectivity index (χ0v) is 36.5. The van der Waals surface area contributed by atoms with Crippen LogP contribution in [0.25, 0.3) is 10.9 Å². The van der Waals surface area contributed by atoms with Gasteiger partial charge in [-0.15, -0.1) is 5.10 Å². The largest absolute Gasteiger partial charge is 0.377 e. The molecule has 3 amide bonds. The van der Waals surface area contributed by atoms with Crippen molar-refractivity contribution < 1.29 is 41.8 Å². The van der Waals surface area contributed by atoms with Crippen LogP contribution in [0, 0.1) is 17.5 Å². The van der Waals surface area contributed by atoms with Crippen molar-refractivity contribution in [1.29, 1.82) is 0 Å². The first-order chi connectivity index (χ1) is 32.2. The maximum Gasteiger partial charge on any atom is 0.355 e. The van der Waals surface area contributed by atoms with Gasteiger partial charge in [0, 0.05) is 59.3 Å². The normalized spacial score (nSPS) is 14.8. The number of rotatable bonds is 19. The van der Waals surface area contributed by atoms with E-state index in [0.29, 0.717) is 58.4 Å². The summed E-state index contributed by atoms with van der Waals surface area (Å²) in [6.07, 6.45) is 4.24. The summed E-state index contributed by atoms with van der Waals surface area (Å²) in [5, 5.41) is 21.5. The molecule has 1 unspecified atom stereocenters. The molecule has 0 spiro atoms. The highest BCUT2D eigenvalue weighted by Gasteiger charge is 2.39. The van der Waals surface area contributed by atoms with Crippen LogP contribution in [0.2, 0.25) is 5.02 Å². The van der Waals surface area contributed by atoms with Crippen molar-refractivity contribution >= 4 is 57.5 Å². The van der Waals surface area contributed by atoms with Gasteiger partial charge < -0.3 is 35.1 Å². The van der Waals surface area contributed by atoms with E-state index in [2.05, 4.69) is 42.9 Å². The van der Waals surface area contributed by atoms with Crippen LogP contribution in [-0.2, 0) is 57.0 Å². The van der Waals surface area contributed by atoms with Gasteiger partial charge in [-0.25, -0.2) is 32.0 Å². The predicted octanol–water partition coefficient (Wildman–Crippen LogP) is 3.23. The van der Waals surface area contributed by atoms with Gasteiger partial charge in [0.05, 0.1) is 75.1 Å². The lowest BCUT2D eigenvalue weighted by molar-refractivity contribution is -0.126. The van der Waals surface area contributed by atoms with Crippen LogP contribution in [0.4, 0.5) is 30.5 Å². The summed E-state index contributed by atoms with van der Waals surface area (Å²) in [6, 6.07) is 8.54. The molecule has 1 saturated heterocycles. The molecule has 5 heterocycles. The number of aromatic nitrogens is 8. The quantitative estimate of drug-likeness (QED) is 0.0785. The standard InChI is InChI=1S/C43H42ClF3N12O8/c1-24-6-7-37(39(61)48-24)57-22-29-28(40(57)62)4-3-5-34(29)49-38(60)23-67-13-12-66-11-10-65-9-8-56-20-27(52-54-56)21-59-42(63)51-41(50-36-15-26-18-55(2)53-35(26)16-30(36)44)58(43(59)64)19-25-14-32(46)33(47)17-31(25)45/h3-5,14-18,20,37H,1,6-13,19,21-23H2,2H3,(H,48,61)(H,49,60)(H,50,51,63). The Bertz CT molecular complexity index is 3030. The highest BCUT2D eigenvalue weighted by molar-refractivity contribution is 6.34. The molecule has 0 aliphatic carbocycles. The molecule has 67 heavy (non-hydrogen) atoms. The molecule has 0 bridgehead atoms. The molecule has 1 atom stereocenters. The van der Waals surface area contributed by atoms with E-state index in [-0.39, 0.29) is 93.4 Å². The van der Waals surface area contributed by atoms with Crippen LogP contribution in [0.3, 0.4) is 0 Å². The number of nitrogens with one attached hydrogen (secondary N) is 3. The van der Waals surface area contributed by atoms with E-state index in [1.807, 2.05) is 0 Å². The maximum absolute atomic E-state index is 14.9. The van der Waals surface area contributed by atoms with Gasteiger partial charge in [-0.2, -0.15) is 10.1 Å². The Balaban J connectivity index is 0.788. The number of ether oxygens (including phenoxy) is 3. The molecular formula is C43H42ClF3N12O8. The molecule has 1 fully saturated rings. The van der Waals surface area contributed by atoms with Crippen LogP contribution in [0.5, 0.6) is 0 Å². The van der Waals surface area contributed by atoms with E-state index in [1.165, 1.54) is 15.8 Å². The molecule has 2 aliphatic heterocycles. The van der Waals surface area contributed by atoms with Crippen molar-refractivity contribution in [3.8, 4) is 0 Å². The summed E-state index contributed by atoms with van der Waals surface area (Å²) in [4.78, 5) is 71.1. The number of aryl methyl sites for hydroxylation is 1. The SMILES string of the molecule is C=C1CCC(N2Cc3c(NC(=O)COCCOCCOCCn4cc(Cn5c(=O)nc(Nc6cc7cn(C)nc7cc6Cl)n(Cc6cc(F)c(F)cc6F)c5=O)nn4)cccc3C2=O)C(=O)N1. The lowest BCUT2D eigenvalue weighted by Gasteiger charge is -2.31. The topological polar surface area (TPSA) is 224 Å². The van der Waals surface area contributed by atoms with Gasteiger partial charge in [0.1, 0.15) is 24.2 Å². The lowest BCUT2D eigenvalue weighted by atomic mass is 10.0. The van der Waals surface area contributed by atoms with Gasteiger partial charge >= 0.3 is 11.4 Å². The minimum Gasteiger partial charge on any atom is -0.377 e. The highest BCUT2D eigenvalue weighted by atomic mass is 35.5. The number of hydrogen-bond acceptors (Lipinski definition) is 13. The summed E-state index contributed by atoms with van der Waals surface area (Å²) in [6.45, 7) is 3.86. The van der Waals surface area contributed by atoms with Gasteiger partial charge in [0.25, 0.3) is 5.91 Å². The third-order valence-corrected chi connectivity index (χ3v) is 11.2. The van der Waals surface area contributed by atoms with E-state index < -0.39 is 52.9 Å². The molecule has 24 heteroatoms. The second kappa shape index (κ2) is 20.1. The number of hydrogen-bond donors (Lipinski definition) is 3. The Morgan fingerprint density at radius 1 is 0.925 bits per heavy atom. The van der Waals surface area contributed by atoms with E-state index >= 15 is 0 Å². The van der Waals surface area contributed by atoms with Gasteiger partial charge in [0.15, 0.2) is 11.6 Å². The van der Waals surface area contributed by atoms with Crippen LogP contribution >= 0.6 is 11.6 Å². The second-order valence-electron chi connectivity index (χ2n) is 15.6. The third-order valence-electron chi connectivity index (χ3n) is 10.8. The van der Waals surface area contributed by atoms with Gasteiger partial charge in [-0.1, -0.05) is 29.5 Å². The Kier molecular flexibility index (Phi) is 13.9. The van der Waals surface area contributed by atoms with Gasteiger partial charge in [0.2, 0.25) is 17.8 Å². The van der Waals surface area contributed by atoms with Crippen molar-refractivity contribution in [2.45, 2.75) is 45.1 Å². The van der Waals surface area contributed by atoms with Crippen molar-refractivity contribution in [3.05, 3.63) is 133 Å². The summed E-state index contributed by atoms with van der Waals surface area (Å²) >= 11 is 6.48. The number of fused-ring (bicyclic) bond motifs is 2. The molecule has 2 aliphatic rings. The van der Waals surface area contributed by atoms with Crippen molar-refractivity contribution in [2.24, 2.45) is 7.05 Å². The molecule has 0 radical (unpaired) electrons. The number of amides is 3. The number of benzene rings is 3. The number of carbonyl (C=O) groups excluding carboxylic acids is 3. The van der Waals surface area contributed by atoms with Gasteiger partial charge in [-0.05, 0) is 43.2 Å². The minimum atomic E-state index is -1.42. The zero-order chi connectivity index (χ0) is 47.4. The first kappa shape index (κ1) is 46.3. The van der Waals surface area contributed by atoms with E-state index in [9.17, 15) is 37.1 Å².